The fraction of sp³-hybridized carbons (Fsp3) is 0.500. The second-order valence-corrected chi connectivity index (χ2v) is 5.80. The second kappa shape index (κ2) is 6.70. The molecule has 1 atom stereocenters. The summed E-state index contributed by atoms with van der Waals surface area (Å²) in [5.74, 6) is 3.76. The summed E-state index contributed by atoms with van der Waals surface area (Å²) in [6.07, 6.45) is 1.10. The van der Waals surface area contributed by atoms with E-state index < -0.39 is 0 Å². The summed E-state index contributed by atoms with van der Waals surface area (Å²) in [6.45, 7) is 2.97. The fourth-order valence-electron chi connectivity index (χ4n) is 2.23. The molecule has 1 aliphatic heterocycles. The molecule has 0 bridgehead atoms. The van der Waals surface area contributed by atoms with E-state index in [1.54, 1.807) is 7.11 Å². The van der Waals surface area contributed by atoms with Crippen LogP contribution in [0.5, 0.6) is 5.75 Å². The Hall–Kier alpha value is -1.36. The van der Waals surface area contributed by atoms with Crippen LogP contribution in [0.25, 0.3) is 0 Å². The normalized spacial score (nSPS) is 18.5. The zero-order valence-corrected chi connectivity index (χ0v) is 12.3. The van der Waals surface area contributed by atoms with Crippen LogP contribution in [0.15, 0.2) is 29.3 Å². The van der Waals surface area contributed by atoms with Crippen molar-refractivity contribution in [2.45, 2.75) is 19.4 Å². The van der Waals surface area contributed by atoms with E-state index in [-0.39, 0.29) is 0 Å². The summed E-state index contributed by atoms with van der Waals surface area (Å²) < 4.78 is 5.27. The van der Waals surface area contributed by atoms with Crippen molar-refractivity contribution in [3.63, 3.8) is 0 Å². The highest BCUT2D eigenvalue weighted by Gasteiger charge is 2.27. The predicted octanol–water partition coefficient (Wildman–Crippen LogP) is 2.34. The van der Waals surface area contributed by atoms with Gasteiger partial charge in [-0.3, -0.25) is 4.99 Å². The number of hydrogen-bond acceptors (Lipinski definition) is 5. The lowest BCUT2D eigenvalue weighted by Crippen LogP contribution is -2.41. The molecule has 0 amide bonds. The molecular weight excluding hydrogens is 258 g/mol. The first-order valence-corrected chi connectivity index (χ1v) is 7.72. The van der Waals surface area contributed by atoms with Gasteiger partial charge in [0.15, 0.2) is 5.96 Å². The van der Waals surface area contributed by atoms with Crippen molar-refractivity contribution < 1.29 is 4.74 Å². The quantitative estimate of drug-likeness (QED) is 0.812. The molecule has 104 valence electrons. The number of ether oxygens (including phenoxy) is 1. The number of anilines is 1. The number of nitrogens with zero attached hydrogens (tertiary/aromatic N) is 2. The van der Waals surface area contributed by atoms with Crippen molar-refractivity contribution >= 4 is 23.4 Å². The molecule has 0 aromatic heterocycles. The Morgan fingerprint density at radius 3 is 3.11 bits per heavy atom. The van der Waals surface area contributed by atoms with Gasteiger partial charge in [0.1, 0.15) is 5.75 Å². The minimum absolute atomic E-state index is 0.367. The molecule has 5 heteroatoms. The molecule has 2 N–H and O–H groups in total. The number of guanidine groups is 1. The lowest BCUT2D eigenvalue weighted by Gasteiger charge is -2.26. The summed E-state index contributed by atoms with van der Waals surface area (Å²) in [4.78, 5) is 6.50. The first-order valence-electron chi connectivity index (χ1n) is 6.57. The highest BCUT2D eigenvalue weighted by molar-refractivity contribution is 7.99. The molecule has 19 heavy (non-hydrogen) atoms. The van der Waals surface area contributed by atoms with Crippen LogP contribution in [0.2, 0.25) is 0 Å². The molecular formula is C14H21N3OS. The summed E-state index contributed by atoms with van der Waals surface area (Å²) in [5, 5.41) is 0. The molecule has 2 rings (SSSR count). The van der Waals surface area contributed by atoms with Gasteiger partial charge in [-0.25, -0.2) is 0 Å². The summed E-state index contributed by atoms with van der Waals surface area (Å²) >= 11 is 1.96. The molecule has 1 aromatic rings. The van der Waals surface area contributed by atoms with Gasteiger partial charge in [0.2, 0.25) is 0 Å². The van der Waals surface area contributed by atoms with Gasteiger partial charge in [0.05, 0.1) is 19.7 Å². The maximum Gasteiger partial charge on any atom is 0.196 e. The lowest BCUT2D eigenvalue weighted by molar-refractivity contribution is 0.415. The van der Waals surface area contributed by atoms with Crippen molar-refractivity contribution in [1.29, 1.82) is 0 Å². The maximum absolute atomic E-state index is 6.03. The van der Waals surface area contributed by atoms with Crippen LogP contribution in [-0.2, 0) is 0 Å². The van der Waals surface area contributed by atoms with Crippen molar-refractivity contribution in [1.82, 2.24) is 0 Å². The summed E-state index contributed by atoms with van der Waals surface area (Å²) in [5.41, 5.74) is 7.09. The number of nitrogens with two attached hydrogens (primary N) is 1. The molecule has 0 saturated heterocycles. The molecule has 0 radical (unpaired) electrons. The van der Waals surface area contributed by atoms with Crippen LogP contribution >= 0.6 is 11.8 Å². The van der Waals surface area contributed by atoms with Crippen LogP contribution < -0.4 is 15.4 Å². The van der Waals surface area contributed by atoms with Crippen LogP contribution in [-0.4, -0.2) is 37.2 Å². The lowest BCUT2D eigenvalue weighted by atomic mass is 10.2. The molecule has 4 nitrogen and oxygen atoms in total. The third kappa shape index (κ3) is 3.35. The van der Waals surface area contributed by atoms with Crippen molar-refractivity contribution in [2.75, 3.05) is 30.1 Å². The van der Waals surface area contributed by atoms with Gasteiger partial charge >= 0.3 is 0 Å². The zero-order valence-electron chi connectivity index (χ0n) is 11.5. The number of methoxy groups -OCH3 is 1. The van der Waals surface area contributed by atoms with Crippen molar-refractivity contribution in [3.8, 4) is 5.75 Å². The minimum Gasteiger partial charge on any atom is -0.497 e. The van der Waals surface area contributed by atoms with Gasteiger partial charge in [-0.2, -0.15) is 11.8 Å². The van der Waals surface area contributed by atoms with Crippen LogP contribution in [0, 0.1) is 0 Å². The highest BCUT2D eigenvalue weighted by Crippen LogP contribution is 2.26. The topological polar surface area (TPSA) is 50.8 Å². The van der Waals surface area contributed by atoms with E-state index >= 15 is 0 Å². The number of aliphatic imine (C=N–C) groups is 1. The van der Waals surface area contributed by atoms with Gasteiger partial charge in [-0.15, -0.1) is 0 Å². The van der Waals surface area contributed by atoms with Crippen LogP contribution in [0.1, 0.15) is 13.3 Å². The van der Waals surface area contributed by atoms with E-state index in [0.29, 0.717) is 12.0 Å². The van der Waals surface area contributed by atoms with Gasteiger partial charge < -0.3 is 15.4 Å². The smallest absolute Gasteiger partial charge is 0.196 e. The first-order chi connectivity index (χ1) is 9.26. The number of hydrogen-bond donors (Lipinski definition) is 1. The molecule has 0 fully saturated rings. The molecule has 1 aliphatic rings. The SMILES string of the molecule is CCSCCC1CN=C(N)N1c1cccc(OC)c1. The van der Waals surface area contributed by atoms with Gasteiger partial charge in [-0.1, -0.05) is 13.0 Å². The Morgan fingerprint density at radius 1 is 1.53 bits per heavy atom. The summed E-state index contributed by atoms with van der Waals surface area (Å²) in [7, 11) is 1.68. The summed E-state index contributed by atoms with van der Waals surface area (Å²) in [6, 6.07) is 8.35. The van der Waals surface area contributed by atoms with E-state index in [4.69, 9.17) is 10.5 Å². The third-order valence-electron chi connectivity index (χ3n) is 3.21. The Bertz CT molecular complexity index is 450. The van der Waals surface area contributed by atoms with Gasteiger partial charge in [-0.05, 0) is 30.1 Å². The Labute approximate surface area is 119 Å². The molecule has 1 aromatic carbocycles. The van der Waals surface area contributed by atoms with Crippen LogP contribution in [0.4, 0.5) is 5.69 Å². The van der Waals surface area contributed by atoms with E-state index in [0.717, 1.165) is 35.9 Å². The van der Waals surface area contributed by atoms with Gasteiger partial charge in [0.25, 0.3) is 0 Å². The molecule has 0 saturated carbocycles. The van der Waals surface area contributed by atoms with E-state index in [2.05, 4.69) is 22.9 Å². The Balaban J connectivity index is 2.11. The molecule has 1 unspecified atom stereocenters. The highest BCUT2D eigenvalue weighted by atomic mass is 32.2. The first kappa shape index (κ1) is 14.1. The molecule has 1 heterocycles. The Morgan fingerprint density at radius 2 is 2.37 bits per heavy atom. The van der Waals surface area contributed by atoms with E-state index in [1.807, 2.05) is 30.0 Å². The van der Waals surface area contributed by atoms with Gasteiger partial charge in [0, 0.05) is 11.8 Å². The average molecular weight is 279 g/mol. The Kier molecular flexibility index (Phi) is 4.96. The van der Waals surface area contributed by atoms with Crippen LogP contribution in [0.3, 0.4) is 0 Å². The van der Waals surface area contributed by atoms with Crippen molar-refractivity contribution in [2.24, 2.45) is 10.7 Å². The maximum atomic E-state index is 6.03. The standard InChI is InChI=1S/C14H21N3OS/c1-3-19-8-7-12-10-16-14(15)17(12)11-5-4-6-13(9-11)18-2/h4-6,9,12H,3,7-8,10H2,1-2H3,(H2,15,16). The fourth-order valence-corrected chi connectivity index (χ4v) is 2.96. The number of rotatable bonds is 6. The monoisotopic (exact) mass is 279 g/mol. The zero-order chi connectivity index (χ0) is 13.7. The largest absolute Gasteiger partial charge is 0.497 e. The molecule has 0 aliphatic carbocycles. The third-order valence-corrected chi connectivity index (χ3v) is 4.14. The predicted molar refractivity (Wildman–Crippen MR) is 83.4 cm³/mol. The number of thioether (sulfide) groups is 1. The number of benzene rings is 1. The second-order valence-electron chi connectivity index (χ2n) is 4.41. The minimum atomic E-state index is 0.367. The van der Waals surface area contributed by atoms with E-state index in [1.165, 1.54) is 0 Å². The van der Waals surface area contributed by atoms with E-state index in [9.17, 15) is 0 Å². The van der Waals surface area contributed by atoms with Crippen molar-refractivity contribution in [3.05, 3.63) is 24.3 Å². The average Bonchev–Trinajstić information content (AvgIpc) is 2.80. The molecule has 0 spiro atoms.